The van der Waals surface area contributed by atoms with Crippen molar-refractivity contribution >= 4 is 5.78 Å². The molecular weight excluding hydrogens is 240 g/mol. The summed E-state index contributed by atoms with van der Waals surface area (Å²) in [4.78, 5) is 11.8. The molecule has 1 rings (SSSR count). The summed E-state index contributed by atoms with van der Waals surface area (Å²) in [5.74, 6) is 0.704. The van der Waals surface area contributed by atoms with Gasteiger partial charge in [-0.25, -0.2) is 0 Å². The van der Waals surface area contributed by atoms with Crippen molar-refractivity contribution in [2.24, 2.45) is 0 Å². The molecule has 2 atom stereocenters. The highest BCUT2D eigenvalue weighted by Crippen LogP contribution is 2.23. The van der Waals surface area contributed by atoms with Gasteiger partial charge in [-0.15, -0.1) is 0 Å². The maximum atomic E-state index is 11.8. The second-order valence-electron chi connectivity index (χ2n) is 5.43. The van der Waals surface area contributed by atoms with Gasteiger partial charge in [0.2, 0.25) is 5.78 Å². The number of aliphatic hydroxyl groups excluding tert-OH is 1. The molecule has 0 amide bonds. The van der Waals surface area contributed by atoms with E-state index in [9.17, 15) is 9.90 Å². The van der Waals surface area contributed by atoms with Crippen molar-refractivity contribution in [2.45, 2.75) is 83.8 Å². The molecule has 0 aromatic heterocycles. The summed E-state index contributed by atoms with van der Waals surface area (Å²) in [5, 5.41) is 9.99. The normalized spacial score (nSPS) is 20.3. The Hall–Kier alpha value is -0.830. The first kappa shape index (κ1) is 16.2. The minimum Gasteiger partial charge on any atom is -0.484 e. The summed E-state index contributed by atoms with van der Waals surface area (Å²) >= 11 is 0. The van der Waals surface area contributed by atoms with Crippen LogP contribution in [0.25, 0.3) is 0 Å². The van der Waals surface area contributed by atoms with E-state index in [2.05, 4.69) is 13.8 Å². The van der Waals surface area contributed by atoms with E-state index in [1.165, 1.54) is 19.3 Å². The lowest BCUT2D eigenvalue weighted by molar-refractivity contribution is -0.126. The molecule has 1 N–H and O–H groups in total. The minimum absolute atomic E-state index is 0.0607. The maximum Gasteiger partial charge on any atom is 0.202 e. The first-order chi connectivity index (χ1) is 9.19. The van der Waals surface area contributed by atoms with Crippen LogP contribution in [0, 0.1) is 0 Å². The fraction of sp³-hybridized carbons (Fsp3) is 0.812. The van der Waals surface area contributed by atoms with Crippen molar-refractivity contribution in [1.82, 2.24) is 0 Å². The first-order valence-electron chi connectivity index (χ1n) is 7.78. The van der Waals surface area contributed by atoms with Gasteiger partial charge in [0, 0.05) is 12.5 Å². The second kappa shape index (κ2) is 9.13. The average Bonchev–Trinajstić information content (AvgIpc) is 2.76. The molecule has 0 spiro atoms. The number of ether oxygens (including phenoxy) is 1. The topological polar surface area (TPSA) is 46.5 Å². The van der Waals surface area contributed by atoms with Gasteiger partial charge in [0.05, 0.1) is 6.10 Å². The third kappa shape index (κ3) is 5.77. The van der Waals surface area contributed by atoms with Gasteiger partial charge in [-0.05, 0) is 12.8 Å². The zero-order valence-corrected chi connectivity index (χ0v) is 12.4. The van der Waals surface area contributed by atoms with Crippen LogP contribution < -0.4 is 0 Å². The van der Waals surface area contributed by atoms with E-state index in [1.54, 1.807) is 6.08 Å². The lowest BCUT2D eigenvalue weighted by Crippen LogP contribution is -2.31. The summed E-state index contributed by atoms with van der Waals surface area (Å²) in [6.07, 6.45) is 9.60. The summed E-state index contributed by atoms with van der Waals surface area (Å²) in [5.41, 5.74) is 0. The molecule has 0 unspecified atom stereocenters. The standard InChI is InChI=1S/C16H28O3/c1-3-5-7-9-10-13-12-15(18)16(19-13)14(17)11-8-6-4-2/h12,14,16-17H,3-11H2,1-2H3/t14-,16+/m1/s1. The molecule has 1 heterocycles. The Morgan fingerprint density at radius 3 is 2.53 bits per heavy atom. The second-order valence-corrected chi connectivity index (χ2v) is 5.43. The van der Waals surface area contributed by atoms with Crippen molar-refractivity contribution in [1.29, 1.82) is 0 Å². The molecule has 1 aliphatic rings. The molecule has 3 nitrogen and oxygen atoms in total. The van der Waals surface area contributed by atoms with Crippen LogP contribution in [-0.4, -0.2) is 23.1 Å². The smallest absolute Gasteiger partial charge is 0.202 e. The molecule has 0 bridgehead atoms. The zero-order valence-electron chi connectivity index (χ0n) is 12.4. The van der Waals surface area contributed by atoms with E-state index in [4.69, 9.17) is 4.74 Å². The number of hydrogen-bond donors (Lipinski definition) is 1. The average molecular weight is 268 g/mol. The largest absolute Gasteiger partial charge is 0.484 e. The Labute approximate surface area is 117 Å². The molecular formula is C16H28O3. The molecule has 0 fully saturated rings. The SMILES string of the molecule is CCCCCCC1=CC(=O)[C@H]([C@H](O)CCCCC)O1. The Morgan fingerprint density at radius 2 is 1.84 bits per heavy atom. The minimum atomic E-state index is -0.650. The summed E-state index contributed by atoms with van der Waals surface area (Å²) in [6.45, 7) is 4.30. The fourth-order valence-electron chi connectivity index (χ4n) is 2.38. The third-order valence-corrected chi connectivity index (χ3v) is 3.59. The fourth-order valence-corrected chi connectivity index (χ4v) is 2.38. The van der Waals surface area contributed by atoms with E-state index in [-0.39, 0.29) is 5.78 Å². The number of hydrogen-bond acceptors (Lipinski definition) is 3. The van der Waals surface area contributed by atoms with Gasteiger partial charge in [0.1, 0.15) is 5.76 Å². The lowest BCUT2D eigenvalue weighted by atomic mass is 10.0. The van der Waals surface area contributed by atoms with E-state index in [0.717, 1.165) is 37.9 Å². The molecule has 0 aliphatic carbocycles. The number of unbranched alkanes of at least 4 members (excludes halogenated alkanes) is 5. The van der Waals surface area contributed by atoms with Gasteiger partial charge in [-0.2, -0.15) is 0 Å². The van der Waals surface area contributed by atoms with Crippen molar-refractivity contribution < 1.29 is 14.6 Å². The van der Waals surface area contributed by atoms with Crippen molar-refractivity contribution in [3.8, 4) is 0 Å². The van der Waals surface area contributed by atoms with E-state index in [0.29, 0.717) is 6.42 Å². The van der Waals surface area contributed by atoms with Crippen LogP contribution in [0.1, 0.15) is 71.6 Å². The van der Waals surface area contributed by atoms with Gasteiger partial charge < -0.3 is 9.84 Å². The Kier molecular flexibility index (Phi) is 7.80. The number of carbonyl (C=O) groups is 1. The molecule has 19 heavy (non-hydrogen) atoms. The van der Waals surface area contributed by atoms with Crippen molar-refractivity contribution in [2.75, 3.05) is 0 Å². The predicted molar refractivity (Wildman–Crippen MR) is 76.9 cm³/mol. The molecule has 0 aromatic rings. The van der Waals surface area contributed by atoms with Crippen molar-refractivity contribution in [3.05, 3.63) is 11.8 Å². The molecule has 110 valence electrons. The number of rotatable bonds is 10. The summed E-state index contributed by atoms with van der Waals surface area (Å²) in [7, 11) is 0. The molecule has 0 saturated heterocycles. The molecule has 0 radical (unpaired) electrons. The van der Waals surface area contributed by atoms with E-state index >= 15 is 0 Å². The van der Waals surface area contributed by atoms with Crippen LogP contribution in [0.5, 0.6) is 0 Å². The van der Waals surface area contributed by atoms with Crippen LogP contribution in [0.3, 0.4) is 0 Å². The summed E-state index contributed by atoms with van der Waals surface area (Å²) in [6, 6.07) is 0. The maximum absolute atomic E-state index is 11.8. The van der Waals surface area contributed by atoms with Gasteiger partial charge in [-0.3, -0.25) is 4.79 Å². The Morgan fingerprint density at radius 1 is 1.16 bits per heavy atom. The highest BCUT2D eigenvalue weighted by molar-refractivity contribution is 5.96. The molecule has 0 aromatic carbocycles. The molecule has 3 heteroatoms. The van der Waals surface area contributed by atoms with E-state index in [1.807, 2.05) is 0 Å². The Balaban J connectivity index is 2.27. The van der Waals surface area contributed by atoms with Crippen LogP contribution >= 0.6 is 0 Å². The Bertz CT molecular complexity index is 296. The van der Waals surface area contributed by atoms with Crippen LogP contribution in [-0.2, 0) is 9.53 Å². The van der Waals surface area contributed by atoms with Crippen LogP contribution in [0.15, 0.2) is 11.8 Å². The number of ketones is 1. The third-order valence-electron chi connectivity index (χ3n) is 3.59. The number of carbonyl (C=O) groups excluding carboxylic acids is 1. The molecule has 1 aliphatic heterocycles. The highest BCUT2D eigenvalue weighted by atomic mass is 16.5. The lowest BCUT2D eigenvalue weighted by Gasteiger charge is -2.18. The van der Waals surface area contributed by atoms with Gasteiger partial charge in [-0.1, -0.05) is 52.4 Å². The first-order valence-corrected chi connectivity index (χ1v) is 7.78. The number of aliphatic hydroxyl groups is 1. The summed E-state index contributed by atoms with van der Waals surface area (Å²) < 4.78 is 5.61. The van der Waals surface area contributed by atoms with E-state index < -0.39 is 12.2 Å². The van der Waals surface area contributed by atoms with Crippen molar-refractivity contribution in [3.63, 3.8) is 0 Å². The van der Waals surface area contributed by atoms with Crippen LogP contribution in [0.2, 0.25) is 0 Å². The number of allylic oxidation sites excluding steroid dienone is 1. The highest BCUT2D eigenvalue weighted by Gasteiger charge is 2.32. The van der Waals surface area contributed by atoms with Gasteiger partial charge in [0.25, 0.3) is 0 Å². The quantitative estimate of drug-likeness (QED) is 0.614. The predicted octanol–water partition coefficient (Wildman–Crippen LogP) is 3.75. The van der Waals surface area contributed by atoms with Crippen LogP contribution in [0.4, 0.5) is 0 Å². The van der Waals surface area contributed by atoms with Gasteiger partial charge >= 0.3 is 0 Å². The zero-order chi connectivity index (χ0) is 14.1. The van der Waals surface area contributed by atoms with Gasteiger partial charge in [0.15, 0.2) is 6.10 Å². The molecule has 0 saturated carbocycles. The monoisotopic (exact) mass is 268 g/mol.